The maximum atomic E-state index is 12.3. The molecule has 0 atom stereocenters. The Morgan fingerprint density at radius 1 is 1.09 bits per heavy atom. The lowest BCUT2D eigenvalue weighted by atomic mass is 9.69. The van der Waals surface area contributed by atoms with Gasteiger partial charge in [-0.25, -0.2) is 0 Å². The molecule has 1 fully saturated rings. The van der Waals surface area contributed by atoms with Gasteiger partial charge in [-0.15, -0.1) is 0 Å². The lowest BCUT2D eigenvalue weighted by Crippen LogP contribution is -2.48. The van der Waals surface area contributed by atoms with Gasteiger partial charge in [0.25, 0.3) is 0 Å². The Balaban J connectivity index is 2.80. The van der Waals surface area contributed by atoms with Gasteiger partial charge in [-0.3, -0.25) is 4.79 Å². The molecule has 0 bridgehead atoms. The molecule has 22 heavy (non-hydrogen) atoms. The summed E-state index contributed by atoms with van der Waals surface area (Å²) < 4.78 is 17.7. The number of Topliss-reactive ketones (excluding diaryl/α,β-unsaturated/α-hetero) is 1. The molecular formula is C16H32O4SSi. The van der Waals surface area contributed by atoms with Crippen LogP contribution in [0.15, 0.2) is 0 Å². The van der Waals surface area contributed by atoms with Crippen molar-refractivity contribution < 1.29 is 18.1 Å². The van der Waals surface area contributed by atoms with E-state index in [0.717, 1.165) is 38.1 Å². The third-order valence-electron chi connectivity index (χ3n) is 4.66. The Bertz CT molecular complexity index is 326. The molecule has 130 valence electrons. The van der Waals surface area contributed by atoms with Gasteiger partial charge in [0.1, 0.15) is 5.78 Å². The van der Waals surface area contributed by atoms with Gasteiger partial charge in [0.2, 0.25) is 0 Å². The summed E-state index contributed by atoms with van der Waals surface area (Å²) in [7, 11) is -2.66. The first-order valence-corrected chi connectivity index (χ1v) is 11.0. The Morgan fingerprint density at radius 3 is 1.91 bits per heavy atom. The van der Waals surface area contributed by atoms with E-state index in [4.69, 9.17) is 13.3 Å². The summed E-state index contributed by atoms with van der Waals surface area (Å²) in [6.07, 6.45) is 4.66. The molecule has 0 unspecified atom stereocenters. The van der Waals surface area contributed by atoms with E-state index in [-0.39, 0.29) is 5.41 Å². The largest absolute Gasteiger partial charge is 0.500 e. The third kappa shape index (κ3) is 5.34. The fraction of sp³-hybridized carbons (Fsp3) is 0.938. The first-order valence-electron chi connectivity index (χ1n) is 8.54. The van der Waals surface area contributed by atoms with Crippen LogP contribution in [0, 0.1) is 5.41 Å². The molecule has 0 saturated heterocycles. The lowest BCUT2D eigenvalue weighted by molar-refractivity contribution is -0.128. The maximum Gasteiger partial charge on any atom is 0.500 e. The minimum atomic E-state index is -2.66. The second-order valence-corrected chi connectivity index (χ2v) is 9.51. The van der Waals surface area contributed by atoms with Crippen LogP contribution in [0.25, 0.3) is 0 Å². The predicted molar refractivity (Wildman–Crippen MR) is 94.4 cm³/mol. The van der Waals surface area contributed by atoms with Crippen LogP contribution in [-0.2, 0) is 18.1 Å². The fourth-order valence-electron chi connectivity index (χ4n) is 3.33. The van der Waals surface area contributed by atoms with Gasteiger partial charge in [0.15, 0.2) is 0 Å². The van der Waals surface area contributed by atoms with E-state index >= 15 is 0 Å². The molecule has 1 rings (SSSR count). The van der Waals surface area contributed by atoms with Gasteiger partial charge < -0.3 is 13.3 Å². The molecule has 0 aromatic rings. The van der Waals surface area contributed by atoms with E-state index < -0.39 is 8.80 Å². The van der Waals surface area contributed by atoms with Crippen LogP contribution in [-0.4, -0.2) is 39.7 Å². The number of thiol groups is 1. The zero-order valence-electron chi connectivity index (χ0n) is 14.5. The van der Waals surface area contributed by atoms with Crippen molar-refractivity contribution in [3.8, 4) is 0 Å². The molecule has 1 saturated carbocycles. The third-order valence-corrected chi connectivity index (χ3v) is 8.23. The number of hydrogen-bond donors (Lipinski definition) is 1. The monoisotopic (exact) mass is 348 g/mol. The molecule has 0 amide bonds. The van der Waals surface area contributed by atoms with Crippen LogP contribution < -0.4 is 0 Å². The van der Waals surface area contributed by atoms with Crippen LogP contribution >= 0.6 is 12.6 Å². The van der Waals surface area contributed by atoms with Crippen LogP contribution in [0.4, 0.5) is 0 Å². The van der Waals surface area contributed by atoms with E-state index in [9.17, 15) is 4.79 Å². The van der Waals surface area contributed by atoms with E-state index in [1.54, 1.807) is 6.92 Å². The first-order chi connectivity index (χ1) is 10.4. The average molecular weight is 349 g/mol. The molecule has 0 N–H and O–H groups in total. The molecule has 0 heterocycles. The normalized spacial score (nSPS) is 26.1. The topological polar surface area (TPSA) is 44.8 Å². The highest BCUT2D eigenvalue weighted by atomic mass is 32.1. The van der Waals surface area contributed by atoms with Crippen LogP contribution in [0.2, 0.25) is 6.04 Å². The summed E-state index contributed by atoms with van der Waals surface area (Å²) >= 11 is 4.56. The van der Waals surface area contributed by atoms with Crippen molar-refractivity contribution in [3.63, 3.8) is 0 Å². The number of carbonyl (C=O) groups excluding carboxylic acids is 1. The Labute approximate surface area is 142 Å². The number of carbonyl (C=O) groups is 1. The van der Waals surface area contributed by atoms with Crippen molar-refractivity contribution in [2.24, 2.45) is 5.41 Å². The van der Waals surface area contributed by atoms with Crippen LogP contribution in [0.1, 0.15) is 59.8 Å². The van der Waals surface area contributed by atoms with Crippen LogP contribution in [0.3, 0.4) is 0 Å². The zero-order valence-corrected chi connectivity index (χ0v) is 16.4. The molecule has 1 aliphatic rings. The van der Waals surface area contributed by atoms with Gasteiger partial charge in [-0.2, -0.15) is 12.6 Å². The quantitative estimate of drug-likeness (QED) is 0.481. The molecule has 0 aromatic carbocycles. The molecule has 0 aliphatic heterocycles. The van der Waals surface area contributed by atoms with Gasteiger partial charge >= 0.3 is 8.80 Å². The standard InChI is InChI=1S/C16H32O4SSi/c1-5-18-22(19-6-2,20-7-3)13-12-16(14(4)17)10-8-15(21)9-11-16/h15,21H,5-13H2,1-4H3. The molecule has 0 aromatic heterocycles. The number of rotatable bonds is 10. The minimum Gasteiger partial charge on any atom is -0.374 e. The highest BCUT2D eigenvalue weighted by Gasteiger charge is 2.46. The van der Waals surface area contributed by atoms with Gasteiger partial charge in [0.05, 0.1) is 0 Å². The molecule has 1 aliphatic carbocycles. The average Bonchev–Trinajstić information content (AvgIpc) is 2.48. The SMILES string of the molecule is CCO[Si](CCC1(C(C)=O)CCC(S)CC1)(OCC)OCC. The van der Waals surface area contributed by atoms with E-state index in [1.807, 2.05) is 20.8 Å². The molecule has 6 heteroatoms. The Hall–Kier alpha value is 0.117. The van der Waals surface area contributed by atoms with Crippen molar-refractivity contribution in [2.75, 3.05) is 19.8 Å². The van der Waals surface area contributed by atoms with E-state index in [2.05, 4.69) is 12.6 Å². The van der Waals surface area contributed by atoms with E-state index in [1.165, 1.54) is 0 Å². The number of hydrogen-bond acceptors (Lipinski definition) is 5. The second kappa shape index (κ2) is 9.42. The highest BCUT2D eigenvalue weighted by Crippen LogP contribution is 2.44. The van der Waals surface area contributed by atoms with Crippen molar-refractivity contribution in [2.45, 2.75) is 71.1 Å². The summed E-state index contributed by atoms with van der Waals surface area (Å²) in [5, 5.41) is 0.431. The van der Waals surface area contributed by atoms with Gasteiger partial charge in [-0.05, 0) is 59.8 Å². The first kappa shape index (κ1) is 20.2. The smallest absolute Gasteiger partial charge is 0.374 e. The summed E-state index contributed by atoms with van der Waals surface area (Å²) in [5.41, 5.74) is -0.233. The summed E-state index contributed by atoms with van der Waals surface area (Å²) in [6.45, 7) is 9.37. The van der Waals surface area contributed by atoms with Crippen molar-refractivity contribution >= 4 is 27.2 Å². The molecule has 4 nitrogen and oxygen atoms in total. The zero-order chi connectivity index (χ0) is 16.6. The molecule has 0 radical (unpaired) electrons. The fourth-order valence-corrected chi connectivity index (χ4v) is 6.37. The molecular weight excluding hydrogens is 316 g/mol. The van der Waals surface area contributed by atoms with Crippen molar-refractivity contribution in [3.05, 3.63) is 0 Å². The van der Waals surface area contributed by atoms with E-state index in [0.29, 0.717) is 30.9 Å². The van der Waals surface area contributed by atoms with Gasteiger partial charge in [-0.1, -0.05) is 0 Å². The number of ketones is 1. The highest BCUT2D eigenvalue weighted by molar-refractivity contribution is 7.80. The second-order valence-electron chi connectivity index (χ2n) is 6.05. The van der Waals surface area contributed by atoms with Crippen LogP contribution in [0.5, 0.6) is 0 Å². The Morgan fingerprint density at radius 2 is 1.55 bits per heavy atom. The summed E-state index contributed by atoms with van der Waals surface area (Å²) in [6, 6.07) is 0.722. The Kier molecular flexibility index (Phi) is 8.63. The minimum absolute atomic E-state index is 0.233. The summed E-state index contributed by atoms with van der Waals surface area (Å²) in [4.78, 5) is 12.3. The molecule has 0 spiro atoms. The van der Waals surface area contributed by atoms with Gasteiger partial charge in [0, 0.05) is 36.5 Å². The predicted octanol–water partition coefficient (Wildman–Crippen LogP) is 3.87. The van der Waals surface area contributed by atoms with Crippen molar-refractivity contribution in [1.82, 2.24) is 0 Å². The summed E-state index contributed by atoms with van der Waals surface area (Å²) in [5.74, 6) is 0.292. The lowest BCUT2D eigenvalue weighted by Gasteiger charge is -2.39. The maximum absolute atomic E-state index is 12.3. The van der Waals surface area contributed by atoms with Crippen molar-refractivity contribution in [1.29, 1.82) is 0 Å².